The Bertz CT molecular complexity index is 765. The third kappa shape index (κ3) is 2.88. The Morgan fingerprint density at radius 3 is 2.55 bits per heavy atom. The van der Waals surface area contributed by atoms with Crippen LogP contribution in [0.4, 0.5) is 10.1 Å². The van der Waals surface area contributed by atoms with E-state index in [1.165, 1.54) is 0 Å². The van der Waals surface area contributed by atoms with Crippen molar-refractivity contribution < 1.29 is 9.13 Å². The number of benzene rings is 1. The Morgan fingerprint density at radius 2 is 1.86 bits per heavy atom. The van der Waals surface area contributed by atoms with E-state index in [1.807, 2.05) is 37.0 Å². The first-order chi connectivity index (χ1) is 10.7. The summed E-state index contributed by atoms with van der Waals surface area (Å²) in [5.41, 5.74) is 3.93. The van der Waals surface area contributed by atoms with Gasteiger partial charge >= 0.3 is 0 Å². The van der Waals surface area contributed by atoms with Crippen molar-refractivity contribution in [2.24, 2.45) is 0 Å². The number of aromatic nitrogens is 2. The van der Waals surface area contributed by atoms with Crippen LogP contribution in [0.5, 0.6) is 5.75 Å². The molecule has 4 nitrogen and oxygen atoms in total. The fraction of sp³-hybridized carbons (Fsp3) is 0.235. The Labute approximate surface area is 128 Å². The van der Waals surface area contributed by atoms with E-state index >= 15 is 0 Å². The molecule has 0 bridgehead atoms. The van der Waals surface area contributed by atoms with E-state index in [0.29, 0.717) is 5.75 Å². The summed E-state index contributed by atoms with van der Waals surface area (Å²) in [5, 5.41) is 0. The molecule has 0 amide bonds. The van der Waals surface area contributed by atoms with Crippen LogP contribution in [-0.4, -0.2) is 36.8 Å². The summed E-state index contributed by atoms with van der Waals surface area (Å²) in [6, 6.07) is 11.9. The lowest BCUT2D eigenvalue weighted by Gasteiger charge is -2.12. The van der Waals surface area contributed by atoms with Gasteiger partial charge in [-0.3, -0.25) is 0 Å². The summed E-state index contributed by atoms with van der Waals surface area (Å²) in [4.78, 5) is 6.66. The zero-order valence-electron chi connectivity index (χ0n) is 12.7. The lowest BCUT2D eigenvalue weighted by atomic mass is 10.1. The lowest BCUT2D eigenvalue weighted by molar-refractivity contribution is 0.272. The first-order valence-corrected chi connectivity index (χ1v) is 7.12. The molecule has 0 aliphatic rings. The van der Waals surface area contributed by atoms with Crippen molar-refractivity contribution in [3.05, 3.63) is 48.8 Å². The molecule has 0 radical (unpaired) electrons. The lowest BCUT2D eigenvalue weighted by Crippen LogP contribution is -2.07. The quantitative estimate of drug-likeness (QED) is 0.723. The second-order valence-corrected chi connectivity index (χ2v) is 5.24. The first kappa shape index (κ1) is 14.4. The van der Waals surface area contributed by atoms with Crippen molar-refractivity contribution in [1.82, 2.24) is 9.38 Å². The fourth-order valence-corrected chi connectivity index (χ4v) is 2.28. The van der Waals surface area contributed by atoms with Crippen LogP contribution in [0, 0.1) is 0 Å². The maximum Gasteiger partial charge on any atom is 0.137 e. The van der Waals surface area contributed by atoms with E-state index in [1.54, 1.807) is 6.07 Å². The summed E-state index contributed by atoms with van der Waals surface area (Å²) < 4.78 is 19.3. The minimum atomic E-state index is -0.495. The number of nitrogens with zero attached hydrogens (tertiary/aromatic N) is 3. The number of hydrogen-bond donors (Lipinski definition) is 0. The van der Waals surface area contributed by atoms with Gasteiger partial charge in [0.2, 0.25) is 0 Å². The summed E-state index contributed by atoms with van der Waals surface area (Å²) in [6.45, 7) is -0.426. The molecule has 0 N–H and O–H groups in total. The largest absolute Gasteiger partial charge is 0.489 e. The van der Waals surface area contributed by atoms with Gasteiger partial charge in [0, 0.05) is 31.5 Å². The predicted molar refractivity (Wildman–Crippen MR) is 86.4 cm³/mol. The van der Waals surface area contributed by atoms with Crippen LogP contribution >= 0.6 is 0 Å². The van der Waals surface area contributed by atoms with Crippen molar-refractivity contribution in [1.29, 1.82) is 0 Å². The predicted octanol–water partition coefficient (Wildman–Crippen LogP) is 3.42. The van der Waals surface area contributed by atoms with Gasteiger partial charge in [-0.1, -0.05) is 12.1 Å². The number of pyridine rings is 1. The maximum absolute atomic E-state index is 12.2. The highest BCUT2D eigenvalue weighted by molar-refractivity contribution is 5.65. The van der Waals surface area contributed by atoms with E-state index in [0.717, 1.165) is 22.6 Å². The Balaban J connectivity index is 1.90. The molecular weight excluding hydrogens is 280 g/mol. The average Bonchev–Trinajstić information content (AvgIpc) is 2.96. The number of fused-ring (bicyclic) bond motifs is 1. The van der Waals surface area contributed by atoms with Crippen LogP contribution in [-0.2, 0) is 0 Å². The number of alkyl halides is 1. The van der Waals surface area contributed by atoms with E-state index in [4.69, 9.17) is 4.74 Å². The molecule has 2 heterocycles. The van der Waals surface area contributed by atoms with Gasteiger partial charge in [-0.2, -0.15) is 0 Å². The Kier molecular flexibility index (Phi) is 3.96. The number of anilines is 1. The molecule has 1 aromatic carbocycles. The summed E-state index contributed by atoms with van der Waals surface area (Å²) in [5.74, 6) is 0.636. The van der Waals surface area contributed by atoms with Crippen molar-refractivity contribution >= 4 is 11.3 Å². The average molecular weight is 298 g/mol. The van der Waals surface area contributed by atoms with Gasteiger partial charge in [0.05, 0.1) is 11.9 Å². The molecule has 22 heavy (non-hydrogen) atoms. The van der Waals surface area contributed by atoms with Crippen LogP contribution in [0.3, 0.4) is 0 Å². The molecule has 0 saturated heterocycles. The fourth-order valence-electron chi connectivity index (χ4n) is 2.28. The monoisotopic (exact) mass is 298 g/mol. The van der Waals surface area contributed by atoms with Gasteiger partial charge in [0.15, 0.2) is 0 Å². The number of rotatable bonds is 5. The molecule has 0 aliphatic heterocycles. The summed E-state index contributed by atoms with van der Waals surface area (Å²) in [7, 11) is 4.03. The molecule has 0 saturated carbocycles. The van der Waals surface area contributed by atoms with E-state index in [9.17, 15) is 4.39 Å². The SMILES string of the molecule is CN(C)c1ccc(-c2cn3cc(OCC[18F])ccc3n2)cc1. The zero-order valence-corrected chi connectivity index (χ0v) is 12.7. The van der Waals surface area contributed by atoms with Gasteiger partial charge in [0.1, 0.15) is 24.7 Å². The van der Waals surface area contributed by atoms with E-state index < -0.39 is 6.67 Å². The highest BCUT2D eigenvalue weighted by Crippen LogP contribution is 2.23. The number of imidazole rings is 1. The summed E-state index contributed by atoms with van der Waals surface area (Å²) >= 11 is 0. The molecule has 0 spiro atoms. The van der Waals surface area contributed by atoms with E-state index in [-0.39, 0.29) is 6.61 Å². The Morgan fingerprint density at radius 1 is 1.09 bits per heavy atom. The highest BCUT2D eigenvalue weighted by Gasteiger charge is 2.06. The molecule has 0 unspecified atom stereocenters. The molecule has 0 aliphatic carbocycles. The molecule has 2 aromatic heterocycles. The van der Waals surface area contributed by atoms with Gasteiger partial charge in [0.25, 0.3) is 0 Å². The van der Waals surface area contributed by atoms with Crippen LogP contribution in [0.2, 0.25) is 0 Å². The second-order valence-electron chi connectivity index (χ2n) is 5.24. The van der Waals surface area contributed by atoms with Crippen molar-refractivity contribution in [3.8, 4) is 17.0 Å². The van der Waals surface area contributed by atoms with Gasteiger partial charge in [-0.05, 0) is 24.3 Å². The number of halogens is 1. The molecule has 3 rings (SSSR count). The topological polar surface area (TPSA) is 29.8 Å². The molecule has 3 aromatic rings. The van der Waals surface area contributed by atoms with Gasteiger partial charge in [-0.15, -0.1) is 0 Å². The first-order valence-electron chi connectivity index (χ1n) is 7.12. The minimum absolute atomic E-state index is 0.0685. The minimum Gasteiger partial charge on any atom is -0.489 e. The Hall–Kier alpha value is -2.56. The van der Waals surface area contributed by atoms with Crippen molar-refractivity contribution in [2.75, 3.05) is 32.3 Å². The number of ether oxygens (including phenoxy) is 1. The molecule has 114 valence electrons. The van der Waals surface area contributed by atoms with Gasteiger partial charge < -0.3 is 14.0 Å². The second kappa shape index (κ2) is 6.05. The van der Waals surface area contributed by atoms with Crippen LogP contribution < -0.4 is 9.64 Å². The third-order valence-corrected chi connectivity index (χ3v) is 3.45. The normalized spacial score (nSPS) is 10.9. The van der Waals surface area contributed by atoms with E-state index in [2.05, 4.69) is 34.1 Å². The molecule has 5 heteroatoms. The summed E-state index contributed by atoms with van der Waals surface area (Å²) in [6.07, 6.45) is 3.76. The van der Waals surface area contributed by atoms with Crippen molar-refractivity contribution in [3.63, 3.8) is 0 Å². The molecular formula is C17H18FN3O. The third-order valence-electron chi connectivity index (χ3n) is 3.45. The molecule has 0 atom stereocenters. The van der Waals surface area contributed by atoms with Crippen molar-refractivity contribution in [2.45, 2.75) is 0 Å². The standard InChI is InChI=1S/C17H18FN3O/c1-20(2)14-5-3-13(4-6-14)16-12-21-11-15(22-10-9-18)7-8-17(21)19-16/h3-8,11-12H,9-10H2,1-2H3/i18-1. The van der Waals surface area contributed by atoms with Gasteiger partial charge in [-0.25, -0.2) is 9.37 Å². The highest BCUT2D eigenvalue weighted by atomic mass is 18.2. The van der Waals surface area contributed by atoms with Crippen LogP contribution in [0.15, 0.2) is 48.8 Å². The maximum atomic E-state index is 12.2. The van der Waals surface area contributed by atoms with Crippen LogP contribution in [0.25, 0.3) is 16.9 Å². The zero-order chi connectivity index (χ0) is 15.5. The van der Waals surface area contributed by atoms with Crippen LogP contribution in [0.1, 0.15) is 0 Å². The smallest absolute Gasteiger partial charge is 0.137 e. The number of hydrogen-bond acceptors (Lipinski definition) is 3. The molecule has 0 fully saturated rings.